The van der Waals surface area contributed by atoms with Gasteiger partial charge in [0.2, 0.25) is 0 Å². The first kappa shape index (κ1) is 14.3. The van der Waals surface area contributed by atoms with Crippen LogP contribution in [0, 0.1) is 0 Å². The molecule has 0 aliphatic heterocycles. The summed E-state index contributed by atoms with van der Waals surface area (Å²) in [5.74, 6) is -1.00. The van der Waals surface area contributed by atoms with Gasteiger partial charge < -0.3 is 9.67 Å². The summed E-state index contributed by atoms with van der Waals surface area (Å²) >= 11 is 5.80. The number of aliphatic carboxylic acids is 1. The zero-order valence-electron chi connectivity index (χ0n) is 11.0. The van der Waals surface area contributed by atoms with Gasteiger partial charge in [0.25, 0.3) is 0 Å². The van der Waals surface area contributed by atoms with E-state index in [0.717, 1.165) is 5.69 Å². The molecule has 0 saturated heterocycles. The summed E-state index contributed by atoms with van der Waals surface area (Å²) < 4.78 is 1.78. The number of halogens is 1. The van der Waals surface area contributed by atoms with Crippen LogP contribution in [0.5, 0.6) is 0 Å². The summed E-state index contributed by atoms with van der Waals surface area (Å²) in [5, 5.41) is 9.34. The maximum Gasteiger partial charge on any atom is 0.303 e. The molecule has 0 radical (unpaired) electrons. The number of aromatic nitrogens is 1. The highest BCUT2D eigenvalue weighted by molar-refractivity contribution is 6.30. The number of carboxylic acids is 1. The average molecular weight is 292 g/mol. The third-order valence-corrected chi connectivity index (χ3v) is 3.38. The molecule has 20 heavy (non-hydrogen) atoms. The lowest BCUT2D eigenvalue weighted by Crippen LogP contribution is -2.08. The molecule has 1 N–H and O–H groups in total. The molecule has 4 nitrogen and oxygen atoms in total. The maximum atomic E-state index is 12.4. The van der Waals surface area contributed by atoms with Gasteiger partial charge in [-0.25, -0.2) is 0 Å². The summed E-state index contributed by atoms with van der Waals surface area (Å²) in [5.41, 5.74) is 1.81. The average Bonchev–Trinajstić information content (AvgIpc) is 2.77. The van der Waals surface area contributed by atoms with Crippen molar-refractivity contribution < 1.29 is 14.7 Å². The van der Waals surface area contributed by atoms with Gasteiger partial charge in [0.1, 0.15) is 0 Å². The van der Waals surface area contributed by atoms with Crippen molar-refractivity contribution in [2.75, 3.05) is 0 Å². The zero-order chi connectivity index (χ0) is 14.7. The number of hydrogen-bond donors (Lipinski definition) is 1. The van der Waals surface area contributed by atoms with Crippen molar-refractivity contribution in [1.82, 2.24) is 4.57 Å². The van der Waals surface area contributed by atoms with Crippen LogP contribution in [0.3, 0.4) is 0 Å². The van der Waals surface area contributed by atoms with E-state index in [0.29, 0.717) is 22.6 Å². The van der Waals surface area contributed by atoms with Gasteiger partial charge >= 0.3 is 5.97 Å². The molecular formula is C15H14ClNO3. The normalized spacial score (nSPS) is 10.5. The predicted molar refractivity (Wildman–Crippen MR) is 76.3 cm³/mol. The molecule has 2 aromatic rings. The van der Waals surface area contributed by atoms with Crippen LogP contribution in [-0.4, -0.2) is 21.4 Å². The largest absolute Gasteiger partial charge is 0.481 e. The SMILES string of the molecule is Cn1ccc(C(=O)c2ccc(Cl)cc2)c1CCC(=O)O. The molecule has 0 saturated carbocycles. The van der Waals surface area contributed by atoms with E-state index in [1.807, 2.05) is 0 Å². The van der Waals surface area contributed by atoms with Gasteiger partial charge in [0.15, 0.2) is 5.78 Å². The second-order valence-corrected chi connectivity index (χ2v) is 4.95. The molecule has 2 rings (SSSR count). The first-order valence-corrected chi connectivity index (χ1v) is 6.53. The van der Waals surface area contributed by atoms with Gasteiger partial charge in [-0.15, -0.1) is 0 Å². The third-order valence-electron chi connectivity index (χ3n) is 3.13. The van der Waals surface area contributed by atoms with Crippen molar-refractivity contribution in [2.24, 2.45) is 7.05 Å². The Morgan fingerprint density at radius 2 is 1.85 bits per heavy atom. The Kier molecular flexibility index (Phi) is 4.25. The first-order chi connectivity index (χ1) is 9.49. The fourth-order valence-corrected chi connectivity index (χ4v) is 2.19. The van der Waals surface area contributed by atoms with Crippen LogP contribution >= 0.6 is 11.6 Å². The van der Waals surface area contributed by atoms with Crippen LogP contribution in [0.15, 0.2) is 36.5 Å². The lowest BCUT2D eigenvalue weighted by molar-refractivity contribution is -0.136. The lowest BCUT2D eigenvalue weighted by atomic mass is 10.0. The van der Waals surface area contributed by atoms with Crippen molar-refractivity contribution >= 4 is 23.4 Å². The Labute approximate surface area is 121 Å². The van der Waals surface area contributed by atoms with Crippen molar-refractivity contribution in [1.29, 1.82) is 0 Å². The molecule has 1 aromatic heterocycles. The third kappa shape index (κ3) is 3.08. The number of rotatable bonds is 5. The van der Waals surface area contributed by atoms with Crippen LogP contribution in [0.2, 0.25) is 5.02 Å². The monoisotopic (exact) mass is 291 g/mol. The molecule has 0 spiro atoms. The highest BCUT2D eigenvalue weighted by Crippen LogP contribution is 2.18. The van der Waals surface area contributed by atoms with E-state index in [9.17, 15) is 9.59 Å². The van der Waals surface area contributed by atoms with Crippen molar-refractivity contribution in [2.45, 2.75) is 12.8 Å². The number of carboxylic acid groups (broad SMARTS) is 1. The van der Waals surface area contributed by atoms with Gasteiger partial charge in [-0.3, -0.25) is 9.59 Å². The number of carbonyl (C=O) groups is 2. The summed E-state index contributed by atoms with van der Waals surface area (Å²) in [6.45, 7) is 0. The van der Waals surface area contributed by atoms with Crippen LogP contribution in [0.1, 0.15) is 28.0 Å². The molecule has 0 bridgehead atoms. The molecule has 5 heteroatoms. The quantitative estimate of drug-likeness (QED) is 0.862. The standard InChI is InChI=1S/C15H14ClNO3/c1-17-9-8-12(13(17)6-7-14(18)19)15(20)10-2-4-11(16)5-3-10/h2-5,8-9H,6-7H2,1H3,(H,18,19). The van der Waals surface area contributed by atoms with E-state index in [2.05, 4.69) is 0 Å². The van der Waals surface area contributed by atoms with Gasteiger partial charge in [-0.05, 0) is 36.8 Å². The summed E-state index contributed by atoms with van der Waals surface area (Å²) in [7, 11) is 1.80. The number of hydrogen-bond acceptors (Lipinski definition) is 2. The fraction of sp³-hybridized carbons (Fsp3) is 0.200. The number of nitrogens with zero attached hydrogens (tertiary/aromatic N) is 1. The number of ketones is 1. The molecule has 0 aliphatic rings. The fourth-order valence-electron chi connectivity index (χ4n) is 2.06. The Bertz CT molecular complexity index is 644. The van der Waals surface area contributed by atoms with E-state index in [1.165, 1.54) is 0 Å². The minimum absolute atomic E-state index is 0.00124. The Hall–Kier alpha value is -2.07. The lowest BCUT2D eigenvalue weighted by Gasteiger charge is -2.06. The Morgan fingerprint density at radius 1 is 1.20 bits per heavy atom. The van der Waals surface area contributed by atoms with Crippen molar-refractivity contribution in [3.63, 3.8) is 0 Å². The van der Waals surface area contributed by atoms with Crippen molar-refractivity contribution in [3.8, 4) is 0 Å². The second kappa shape index (κ2) is 5.92. The number of benzene rings is 1. The second-order valence-electron chi connectivity index (χ2n) is 4.52. The number of aryl methyl sites for hydroxylation is 1. The van der Waals surface area contributed by atoms with Gasteiger partial charge in [-0.2, -0.15) is 0 Å². The number of carbonyl (C=O) groups excluding carboxylic acids is 1. The summed E-state index contributed by atoms with van der Waals surface area (Å²) in [6, 6.07) is 8.37. The molecule has 104 valence electrons. The summed E-state index contributed by atoms with van der Waals surface area (Å²) in [6.07, 6.45) is 2.09. The molecule has 0 fully saturated rings. The van der Waals surface area contributed by atoms with Crippen LogP contribution in [-0.2, 0) is 18.3 Å². The minimum Gasteiger partial charge on any atom is -0.481 e. The highest BCUT2D eigenvalue weighted by Gasteiger charge is 2.17. The topological polar surface area (TPSA) is 59.3 Å². The molecule has 0 atom stereocenters. The van der Waals surface area contributed by atoms with E-state index in [4.69, 9.17) is 16.7 Å². The molecular weight excluding hydrogens is 278 g/mol. The smallest absolute Gasteiger partial charge is 0.303 e. The minimum atomic E-state index is -0.879. The molecule has 0 amide bonds. The molecule has 0 aliphatic carbocycles. The maximum absolute atomic E-state index is 12.4. The first-order valence-electron chi connectivity index (χ1n) is 6.15. The van der Waals surface area contributed by atoms with E-state index >= 15 is 0 Å². The summed E-state index contributed by atoms with van der Waals surface area (Å²) in [4.78, 5) is 23.1. The van der Waals surface area contributed by atoms with E-state index in [-0.39, 0.29) is 12.2 Å². The molecule has 0 unspecified atom stereocenters. The van der Waals surface area contributed by atoms with Crippen LogP contribution < -0.4 is 0 Å². The van der Waals surface area contributed by atoms with Crippen LogP contribution in [0.25, 0.3) is 0 Å². The Balaban J connectivity index is 2.30. The Morgan fingerprint density at radius 3 is 2.45 bits per heavy atom. The van der Waals surface area contributed by atoms with Gasteiger partial charge in [-0.1, -0.05) is 11.6 Å². The zero-order valence-corrected chi connectivity index (χ0v) is 11.7. The van der Waals surface area contributed by atoms with Crippen molar-refractivity contribution in [3.05, 3.63) is 58.4 Å². The van der Waals surface area contributed by atoms with Crippen LogP contribution in [0.4, 0.5) is 0 Å². The van der Waals surface area contributed by atoms with E-state index < -0.39 is 5.97 Å². The highest BCUT2D eigenvalue weighted by atomic mass is 35.5. The molecule has 1 heterocycles. The van der Waals surface area contributed by atoms with E-state index in [1.54, 1.807) is 48.1 Å². The van der Waals surface area contributed by atoms with Gasteiger partial charge in [0.05, 0.1) is 6.42 Å². The van der Waals surface area contributed by atoms with Gasteiger partial charge in [0, 0.05) is 35.1 Å². The predicted octanol–water partition coefficient (Wildman–Crippen LogP) is 2.93. The molecule has 1 aromatic carbocycles.